The number of carboxylic acid groups (broad SMARTS) is 1. The number of carboxylic acids is 1. The molecule has 0 amide bonds. The summed E-state index contributed by atoms with van der Waals surface area (Å²) in [6.07, 6.45) is 1.51. The molecule has 0 aromatic heterocycles. The predicted molar refractivity (Wildman–Crippen MR) is 117 cm³/mol. The maximum absolute atomic E-state index is 12.5. The third kappa shape index (κ3) is 5.61. The van der Waals surface area contributed by atoms with Gasteiger partial charge < -0.3 is 14.0 Å². The van der Waals surface area contributed by atoms with Crippen LogP contribution in [0.5, 0.6) is 11.5 Å². The minimum absolute atomic E-state index is 0.0453. The summed E-state index contributed by atoms with van der Waals surface area (Å²) in [4.78, 5) is 10.9. The van der Waals surface area contributed by atoms with E-state index in [2.05, 4.69) is 10.5 Å². The monoisotopic (exact) mass is 440 g/mol. The lowest BCUT2D eigenvalue weighted by Crippen LogP contribution is -2.10. The Bertz CT molecular complexity index is 1200. The summed E-state index contributed by atoms with van der Waals surface area (Å²) in [5, 5.41) is 13.0. The van der Waals surface area contributed by atoms with E-state index in [0.717, 1.165) is 5.56 Å². The van der Waals surface area contributed by atoms with E-state index in [0.29, 0.717) is 11.3 Å². The molecule has 0 heterocycles. The van der Waals surface area contributed by atoms with Crippen molar-refractivity contribution in [2.24, 2.45) is 5.10 Å². The lowest BCUT2D eigenvalue weighted by atomic mass is 10.2. The van der Waals surface area contributed by atoms with Gasteiger partial charge in [0.1, 0.15) is 4.90 Å². The van der Waals surface area contributed by atoms with Gasteiger partial charge in [0.15, 0.2) is 11.5 Å². The van der Waals surface area contributed by atoms with Gasteiger partial charge in [0.2, 0.25) is 0 Å². The van der Waals surface area contributed by atoms with E-state index in [4.69, 9.17) is 14.0 Å². The fraction of sp³-hybridized carbons (Fsp3) is 0.0909. The fourth-order valence-corrected chi connectivity index (χ4v) is 3.51. The Kier molecular flexibility index (Phi) is 6.56. The molecule has 9 heteroatoms. The van der Waals surface area contributed by atoms with Crippen LogP contribution in [0.15, 0.2) is 76.7 Å². The summed E-state index contributed by atoms with van der Waals surface area (Å²) < 4.78 is 35.5. The van der Waals surface area contributed by atoms with Crippen molar-refractivity contribution in [2.75, 3.05) is 12.5 Å². The highest BCUT2D eigenvalue weighted by atomic mass is 32.2. The quantitative estimate of drug-likeness (QED) is 0.310. The molecule has 0 spiro atoms. The summed E-state index contributed by atoms with van der Waals surface area (Å²) in [6.45, 7) is 1.86. The number of nitrogens with one attached hydrogen (secondary N) is 1. The van der Waals surface area contributed by atoms with Crippen LogP contribution >= 0.6 is 0 Å². The van der Waals surface area contributed by atoms with Crippen molar-refractivity contribution in [1.29, 1.82) is 0 Å². The molecule has 0 bridgehead atoms. The number of aromatic carboxylic acids is 1. The molecule has 3 rings (SSSR count). The van der Waals surface area contributed by atoms with Gasteiger partial charge in [0, 0.05) is 0 Å². The van der Waals surface area contributed by atoms with Crippen molar-refractivity contribution in [2.45, 2.75) is 11.8 Å². The van der Waals surface area contributed by atoms with Gasteiger partial charge in [0.25, 0.3) is 0 Å². The Morgan fingerprint density at radius 1 is 1.00 bits per heavy atom. The summed E-state index contributed by atoms with van der Waals surface area (Å²) in [5.41, 5.74) is 5.14. The van der Waals surface area contributed by atoms with Crippen molar-refractivity contribution in [3.05, 3.63) is 83.4 Å². The van der Waals surface area contributed by atoms with Crippen molar-refractivity contribution in [3.63, 3.8) is 0 Å². The molecular formula is C22H20N2O6S. The summed E-state index contributed by atoms with van der Waals surface area (Å²) in [6, 6.07) is 17.1. The van der Waals surface area contributed by atoms with Crippen LogP contribution in [0.3, 0.4) is 0 Å². The summed E-state index contributed by atoms with van der Waals surface area (Å²) >= 11 is 0. The molecule has 0 unspecified atom stereocenters. The van der Waals surface area contributed by atoms with Gasteiger partial charge in [-0.05, 0) is 67.1 Å². The first-order valence-electron chi connectivity index (χ1n) is 9.10. The average Bonchev–Trinajstić information content (AvgIpc) is 2.75. The van der Waals surface area contributed by atoms with Crippen LogP contribution in [0.1, 0.15) is 21.5 Å². The summed E-state index contributed by atoms with van der Waals surface area (Å²) in [5.74, 6) is -0.725. The van der Waals surface area contributed by atoms with Crippen molar-refractivity contribution in [1.82, 2.24) is 0 Å². The number of anilines is 1. The maximum atomic E-state index is 12.5. The van der Waals surface area contributed by atoms with Crippen LogP contribution < -0.4 is 14.3 Å². The van der Waals surface area contributed by atoms with Crippen molar-refractivity contribution < 1.29 is 27.2 Å². The molecule has 0 aliphatic carbocycles. The number of nitrogens with zero attached hydrogens (tertiary/aromatic N) is 1. The lowest BCUT2D eigenvalue weighted by molar-refractivity contribution is 0.0697. The first kappa shape index (κ1) is 21.8. The van der Waals surface area contributed by atoms with E-state index in [1.807, 2.05) is 6.92 Å². The van der Waals surface area contributed by atoms with E-state index in [1.54, 1.807) is 36.4 Å². The third-order valence-corrected chi connectivity index (χ3v) is 5.48. The minimum atomic E-state index is -4.01. The zero-order chi connectivity index (χ0) is 22.4. The minimum Gasteiger partial charge on any atom is -0.493 e. The number of aryl methyl sites for hydroxylation is 1. The molecule has 2 N–H and O–H groups in total. The SMILES string of the molecule is COc1cc(/C=N/Nc2ccc(C(=O)O)cc2)ccc1OS(=O)(=O)c1ccc(C)cc1. The van der Waals surface area contributed by atoms with Crippen LogP contribution in [0.4, 0.5) is 5.69 Å². The first-order chi connectivity index (χ1) is 14.8. The van der Waals surface area contributed by atoms with Gasteiger partial charge in [-0.2, -0.15) is 13.5 Å². The number of hydrazone groups is 1. The van der Waals surface area contributed by atoms with Gasteiger partial charge in [-0.25, -0.2) is 4.79 Å². The Labute approximate surface area is 179 Å². The second kappa shape index (κ2) is 9.31. The van der Waals surface area contributed by atoms with Crippen LogP contribution in [0.25, 0.3) is 0 Å². The number of methoxy groups -OCH3 is 1. The Morgan fingerprint density at radius 3 is 2.29 bits per heavy atom. The van der Waals surface area contributed by atoms with E-state index in [-0.39, 0.29) is 22.0 Å². The van der Waals surface area contributed by atoms with E-state index in [1.165, 1.54) is 43.7 Å². The number of hydrogen-bond donors (Lipinski definition) is 2. The number of ether oxygens (including phenoxy) is 1. The van der Waals surface area contributed by atoms with Gasteiger partial charge in [-0.1, -0.05) is 17.7 Å². The zero-order valence-electron chi connectivity index (χ0n) is 16.8. The molecule has 8 nitrogen and oxygen atoms in total. The number of hydrogen-bond acceptors (Lipinski definition) is 7. The predicted octanol–water partition coefficient (Wildman–Crippen LogP) is 3.92. The highest BCUT2D eigenvalue weighted by Crippen LogP contribution is 2.30. The number of carbonyl (C=O) groups is 1. The number of benzene rings is 3. The molecule has 3 aromatic rings. The van der Waals surface area contributed by atoms with Crippen LogP contribution in [-0.2, 0) is 10.1 Å². The van der Waals surface area contributed by atoms with Crippen molar-refractivity contribution >= 4 is 28.0 Å². The Hall–Kier alpha value is -3.85. The molecule has 0 aliphatic rings. The normalized spacial score (nSPS) is 11.3. The molecular weight excluding hydrogens is 420 g/mol. The molecule has 160 valence electrons. The maximum Gasteiger partial charge on any atom is 0.339 e. The second-order valence-corrected chi connectivity index (χ2v) is 8.06. The van der Waals surface area contributed by atoms with Gasteiger partial charge in [-0.15, -0.1) is 0 Å². The fourth-order valence-electron chi connectivity index (χ4n) is 2.57. The number of rotatable bonds is 8. The van der Waals surface area contributed by atoms with Crippen LogP contribution in [-0.4, -0.2) is 32.8 Å². The lowest BCUT2D eigenvalue weighted by Gasteiger charge is -2.11. The van der Waals surface area contributed by atoms with Gasteiger partial charge >= 0.3 is 16.1 Å². The molecule has 31 heavy (non-hydrogen) atoms. The van der Waals surface area contributed by atoms with Gasteiger partial charge in [0.05, 0.1) is 24.6 Å². The molecule has 0 atom stereocenters. The highest BCUT2D eigenvalue weighted by molar-refractivity contribution is 7.87. The van der Waals surface area contributed by atoms with E-state index < -0.39 is 16.1 Å². The van der Waals surface area contributed by atoms with Crippen LogP contribution in [0.2, 0.25) is 0 Å². The highest BCUT2D eigenvalue weighted by Gasteiger charge is 2.19. The summed E-state index contributed by atoms with van der Waals surface area (Å²) in [7, 11) is -2.60. The molecule has 0 saturated heterocycles. The molecule has 3 aromatic carbocycles. The largest absolute Gasteiger partial charge is 0.493 e. The second-order valence-electron chi connectivity index (χ2n) is 6.51. The van der Waals surface area contributed by atoms with Crippen molar-refractivity contribution in [3.8, 4) is 11.5 Å². The van der Waals surface area contributed by atoms with E-state index >= 15 is 0 Å². The standard InChI is InChI=1S/C22H20N2O6S/c1-15-3-10-19(11-4-15)31(27,28)30-20-12-5-16(13-21(20)29-2)14-23-24-18-8-6-17(7-9-18)22(25)26/h3-14,24H,1-2H3,(H,25,26)/b23-14+. The molecule has 0 radical (unpaired) electrons. The topological polar surface area (TPSA) is 114 Å². The molecule has 0 saturated carbocycles. The smallest absolute Gasteiger partial charge is 0.339 e. The Morgan fingerprint density at radius 2 is 1.68 bits per heavy atom. The third-order valence-electron chi connectivity index (χ3n) is 4.24. The van der Waals surface area contributed by atoms with Crippen LogP contribution in [0, 0.1) is 6.92 Å². The average molecular weight is 440 g/mol. The molecule has 0 fully saturated rings. The zero-order valence-corrected chi connectivity index (χ0v) is 17.6. The van der Waals surface area contributed by atoms with E-state index in [9.17, 15) is 13.2 Å². The van der Waals surface area contributed by atoms with Gasteiger partial charge in [-0.3, -0.25) is 5.43 Å². The molecule has 0 aliphatic heterocycles. The Balaban J connectivity index is 1.72. The first-order valence-corrected chi connectivity index (χ1v) is 10.5.